The van der Waals surface area contributed by atoms with E-state index >= 15 is 0 Å². The Morgan fingerprint density at radius 1 is 1.33 bits per heavy atom. The monoisotopic (exact) mass is 367 g/mol. The van der Waals surface area contributed by atoms with Crippen molar-refractivity contribution in [1.82, 2.24) is 19.7 Å². The second-order valence-electron chi connectivity index (χ2n) is 5.88. The lowest BCUT2D eigenvalue weighted by Crippen LogP contribution is -2.18. The van der Waals surface area contributed by atoms with Gasteiger partial charge in [0.1, 0.15) is 11.6 Å². The number of amides is 1. The van der Waals surface area contributed by atoms with Gasteiger partial charge in [-0.3, -0.25) is 9.48 Å². The lowest BCUT2D eigenvalue weighted by Gasteiger charge is -2.11. The number of hydrogen-bond donors (Lipinski definition) is 3. The van der Waals surface area contributed by atoms with Gasteiger partial charge in [0.2, 0.25) is 5.95 Å². The van der Waals surface area contributed by atoms with E-state index in [1.165, 1.54) is 6.20 Å². The Kier molecular flexibility index (Phi) is 5.50. The normalized spacial score (nSPS) is 10.4. The molecule has 0 fully saturated rings. The number of aromatic nitrogens is 4. The van der Waals surface area contributed by atoms with Crippen LogP contribution in [0.25, 0.3) is 0 Å². The standard InChI is InChI=1S/C18H21N7O2/c1-25-11-13(9-22-25)23-18-21-10-15(16(19)26)17(24-18)20-7-6-12-4-3-5-14(8-12)27-2/h3-5,8-11H,6-7H2,1-2H3,(H2,19,26)(H2,20,21,23,24). The maximum atomic E-state index is 11.7. The van der Waals surface area contributed by atoms with Crippen LogP contribution < -0.4 is 21.1 Å². The number of hydrogen-bond acceptors (Lipinski definition) is 7. The largest absolute Gasteiger partial charge is 0.497 e. The van der Waals surface area contributed by atoms with Crippen molar-refractivity contribution in [2.24, 2.45) is 12.8 Å². The van der Waals surface area contributed by atoms with Crippen LogP contribution in [-0.4, -0.2) is 39.3 Å². The van der Waals surface area contributed by atoms with Crippen molar-refractivity contribution in [3.8, 4) is 5.75 Å². The Hall–Kier alpha value is -3.62. The minimum atomic E-state index is -0.591. The zero-order valence-electron chi connectivity index (χ0n) is 15.1. The number of nitrogens with one attached hydrogen (secondary N) is 2. The van der Waals surface area contributed by atoms with Gasteiger partial charge in [0.25, 0.3) is 5.91 Å². The van der Waals surface area contributed by atoms with Crippen LogP contribution in [0.5, 0.6) is 5.75 Å². The number of nitrogens with two attached hydrogens (primary N) is 1. The number of nitrogens with zero attached hydrogens (tertiary/aromatic N) is 4. The lowest BCUT2D eigenvalue weighted by atomic mass is 10.1. The average molecular weight is 367 g/mol. The number of benzene rings is 1. The van der Waals surface area contributed by atoms with E-state index in [4.69, 9.17) is 10.5 Å². The van der Waals surface area contributed by atoms with E-state index in [9.17, 15) is 4.79 Å². The van der Waals surface area contributed by atoms with E-state index < -0.39 is 5.91 Å². The summed E-state index contributed by atoms with van der Waals surface area (Å²) < 4.78 is 6.89. The van der Waals surface area contributed by atoms with Crippen molar-refractivity contribution in [3.63, 3.8) is 0 Å². The lowest BCUT2D eigenvalue weighted by molar-refractivity contribution is 0.100. The molecule has 0 bridgehead atoms. The van der Waals surface area contributed by atoms with Crippen molar-refractivity contribution in [1.29, 1.82) is 0 Å². The number of primary amides is 1. The molecule has 0 radical (unpaired) electrons. The third-order valence-electron chi connectivity index (χ3n) is 3.86. The van der Waals surface area contributed by atoms with E-state index in [0.29, 0.717) is 18.3 Å². The van der Waals surface area contributed by atoms with Gasteiger partial charge in [-0.25, -0.2) is 4.98 Å². The first-order valence-electron chi connectivity index (χ1n) is 8.34. The topological polar surface area (TPSA) is 120 Å². The van der Waals surface area contributed by atoms with Gasteiger partial charge in [0.05, 0.1) is 24.6 Å². The number of carbonyl (C=O) groups is 1. The van der Waals surface area contributed by atoms with E-state index in [-0.39, 0.29) is 5.56 Å². The third kappa shape index (κ3) is 4.72. The van der Waals surface area contributed by atoms with Gasteiger partial charge in [0.15, 0.2) is 0 Å². The van der Waals surface area contributed by atoms with Crippen LogP contribution >= 0.6 is 0 Å². The smallest absolute Gasteiger partial charge is 0.254 e. The van der Waals surface area contributed by atoms with Crippen LogP contribution in [0.4, 0.5) is 17.5 Å². The number of carbonyl (C=O) groups excluding carboxylic acids is 1. The van der Waals surface area contributed by atoms with Gasteiger partial charge < -0.3 is 21.1 Å². The van der Waals surface area contributed by atoms with Crippen molar-refractivity contribution in [3.05, 3.63) is 54.0 Å². The predicted octanol–water partition coefficient (Wildman–Crippen LogP) is 1.72. The second-order valence-corrected chi connectivity index (χ2v) is 5.88. The summed E-state index contributed by atoms with van der Waals surface area (Å²) in [4.78, 5) is 20.2. The predicted molar refractivity (Wildman–Crippen MR) is 102 cm³/mol. The Bertz CT molecular complexity index is 939. The summed E-state index contributed by atoms with van der Waals surface area (Å²) in [7, 11) is 3.45. The highest BCUT2D eigenvalue weighted by Crippen LogP contribution is 2.18. The van der Waals surface area contributed by atoms with E-state index in [2.05, 4.69) is 25.7 Å². The molecule has 0 spiro atoms. The molecule has 9 heteroatoms. The first-order valence-corrected chi connectivity index (χ1v) is 8.34. The quantitative estimate of drug-likeness (QED) is 0.554. The van der Waals surface area contributed by atoms with Crippen molar-refractivity contribution in [2.45, 2.75) is 6.42 Å². The zero-order valence-corrected chi connectivity index (χ0v) is 15.1. The molecule has 0 atom stereocenters. The van der Waals surface area contributed by atoms with E-state index in [1.54, 1.807) is 24.2 Å². The fraction of sp³-hybridized carbons (Fsp3) is 0.222. The molecule has 2 heterocycles. The summed E-state index contributed by atoms with van der Waals surface area (Å²) in [6.45, 7) is 0.566. The fourth-order valence-electron chi connectivity index (χ4n) is 2.53. The first-order chi connectivity index (χ1) is 13.0. The maximum Gasteiger partial charge on any atom is 0.254 e. The molecule has 0 aliphatic heterocycles. The van der Waals surface area contributed by atoms with Crippen molar-refractivity contribution < 1.29 is 9.53 Å². The fourth-order valence-corrected chi connectivity index (χ4v) is 2.53. The molecule has 9 nitrogen and oxygen atoms in total. The molecule has 27 heavy (non-hydrogen) atoms. The van der Waals surface area contributed by atoms with Crippen molar-refractivity contribution in [2.75, 3.05) is 24.3 Å². The molecule has 0 unspecified atom stereocenters. The van der Waals surface area contributed by atoms with Gasteiger partial charge in [-0.15, -0.1) is 0 Å². The first kappa shape index (κ1) is 18.2. The summed E-state index contributed by atoms with van der Waals surface area (Å²) in [6, 6.07) is 7.80. The molecule has 4 N–H and O–H groups in total. The molecular formula is C18H21N7O2. The Morgan fingerprint density at radius 3 is 2.89 bits per heavy atom. The summed E-state index contributed by atoms with van der Waals surface area (Å²) >= 11 is 0. The van der Waals surface area contributed by atoms with Gasteiger partial charge in [-0.05, 0) is 24.1 Å². The molecule has 1 amide bonds. The minimum absolute atomic E-state index is 0.234. The summed E-state index contributed by atoms with van der Waals surface area (Å²) in [5.74, 6) is 0.936. The van der Waals surface area contributed by atoms with Crippen LogP contribution in [0.3, 0.4) is 0 Å². The van der Waals surface area contributed by atoms with Gasteiger partial charge in [0, 0.05) is 26.0 Å². The number of rotatable bonds is 8. The molecule has 0 aliphatic rings. The van der Waals surface area contributed by atoms with Gasteiger partial charge in [-0.2, -0.15) is 10.1 Å². The molecule has 3 rings (SSSR count). The highest BCUT2D eigenvalue weighted by Gasteiger charge is 2.12. The molecule has 1 aromatic carbocycles. The molecule has 2 aromatic heterocycles. The SMILES string of the molecule is COc1cccc(CCNc2nc(Nc3cnn(C)c3)ncc2C(N)=O)c1. The zero-order chi connectivity index (χ0) is 19.2. The van der Waals surface area contributed by atoms with E-state index in [0.717, 1.165) is 23.4 Å². The minimum Gasteiger partial charge on any atom is -0.497 e. The molecule has 3 aromatic rings. The molecule has 0 saturated heterocycles. The number of aryl methyl sites for hydroxylation is 1. The molecule has 0 aliphatic carbocycles. The Morgan fingerprint density at radius 2 is 2.19 bits per heavy atom. The summed E-state index contributed by atoms with van der Waals surface area (Å²) in [6.07, 6.45) is 5.58. The Labute approximate surface area is 156 Å². The molecule has 140 valence electrons. The van der Waals surface area contributed by atoms with Gasteiger partial charge >= 0.3 is 0 Å². The third-order valence-corrected chi connectivity index (χ3v) is 3.86. The number of anilines is 3. The van der Waals surface area contributed by atoms with Crippen molar-refractivity contribution >= 4 is 23.4 Å². The van der Waals surface area contributed by atoms with Crippen LogP contribution in [0.1, 0.15) is 15.9 Å². The van der Waals surface area contributed by atoms with Gasteiger partial charge in [-0.1, -0.05) is 12.1 Å². The van der Waals surface area contributed by atoms with Crippen LogP contribution in [0.2, 0.25) is 0 Å². The maximum absolute atomic E-state index is 11.7. The molecule has 0 saturated carbocycles. The van der Waals surface area contributed by atoms with Crippen LogP contribution in [-0.2, 0) is 13.5 Å². The molecular weight excluding hydrogens is 346 g/mol. The number of ether oxygens (including phenoxy) is 1. The van der Waals surface area contributed by atoms with Crippen LogP contribution in [0, 0.1) is 0 Å². The van der Waals surface area contributed by atoms with E-state index in [1.807, 2.05) is 31.3 Å². The summed E-state index contributed by atoms with van der Waals surface area (Å²) in [5.41, 5.74) is 7.51. The Balaban J connectivity index is 1.71. The summed E-state index contributed by atoms with van der Waals surface area (Å²) in [5, 5.41) is 10.3. The number of methoxy groups -OCH3 is 1. The highest BCUT2D eigenvalue weighted by atomic mass is 16.5. The average Bonchev–Trinajstić information content (AvgIpc) is 3.06. The second kappa shape index (κ2) is 8.17. The van der Waals surface area contributed by atoms with Crippen LogP contribution in [0.15, 0.2) is 42.9 Å². The highest BCUT2D eigenvalue weighted by molar-refractivity contribution is 5.97.